The average molecular weight is 1710 g/mol. The second-order valence-corrected chi connectivity index (χ2v) is 37.0. The first-order chi connectivity index (χ1) is 60.1. The summed E-state index contributed by atoms with van der Waals surface area (Å²) in [5, 5.41) is 3.01. The molecular weight excluding hydrogens is 1620 g/mol. The van der Waals surface area contributed by atoms with Crippen LogP contribution in [0.2, 0.25) is 25.7 Å². The smallest absolute Gasteiger partial charge is 0.338 e. The third-order valence-electron chi connectivity index (χ3n) is 21.3. The molecule has 29 heteroatoms. The molecule has 5 heterocycles. The molecule has 5 saturated heterocycles. The largest absolute Gasteiger partial charge is 0.497 e. The number of nitrogens with one attached hydrogen (secondary N) is 1. The van der Waals surface area contributed by atoms with Crippen molar-refractivity contribution in [3.63, 3.8) is 0 Å². The van der Waals surface area contributed by atoms with E-state index in [2.05, 4.69) is 25.0 Å². The molecule has 1 amide bonds. The lowest BCUT2D eigenvalue weighted by molar-refractivity contribution is -0.396. The summed E-state index contributed by atoms with van der Waals surface area (Å²) in [5.74, 6) is -6.52. The van der Waals surface area contributed by atoms with Gasteiger partial charge in [0, 0.05) is 27.2 Å². The van der Waals surface area contributed by atoms with Gasteiger partial charge in [-0.2, -0.15) is 0 Å². The summed E-state index contributed by atoms with van der Waals surface area (Å²) in [6, 6.07) is 70.7. The number of amides is 1. The highest BCUT2D eigenvalue weighted by molar-refractivity contribution is 6.76. The van der Waals surface area contributed by atoms with Crippen LogP contribution in [0.3, 0.4) is 0 Å². The summed E-state index contributed by atoms with van der Waals surface area (Å²) in [5.41, 5.74) is 1.64. The number of ether oxygens (including phenoxy) is 19. The van der Waals surface area contributed by atoms with Crippen LogP contribution in [-0.4, -0.2) is 205 Å². The minimum atomic E-state index is -2.00. The van der Waals surface area contributed by atoms with Gasteiger partial charge in [-0.25, -0.2) is 33.6 Å². The highest BCUT2D eigenvalue weighted by atomic mass is 28.3. The Hall–Kier alpha value is -11.7. The maximum Gasteiger partial charge on any atom is 0.338 e. The van der Waals surface area contributed by atoms with Crippen LogP contribution in [-0.2, 0) is 96.7 Å². The van der Waals surface area contributed by atoms with Gasteiger partial charge in [-0.15, -0.1) is 0 Å². The van der Waals surface area contributed by atoms with Gasteiger partial charge in [0.1, 0.15) is 61.1 Å². The molecule has 0 radical (unpaired) electrons. The van der Waals surface area contributed by atoms with Crippen molar-refractivity contribution >= 4 is 55.8 Å². The predicted octanol–water partition coefficient (Wildman–Crippen LogP) is 12.9. The van der Waals surface area contributed by atoms with Crippen molar-refractivity contribution in [2.24, 2.45) is 0 Å². The minimum absolute atomic E-state index is 0.00337. The van der Waals surface area contributed by atoms with Gasteiger partial charge >= 0.3 is 41.8 Å². The number of fused-ring (bicyclic) bond motifs is 1. The Morgan fingerprint density at radius 1 is 0.379 bits per heavy atom. The minimum Gasteiger partial charge on any atom is -0.497 e. The predicted molar refractivity (Wildman–Crippen MR) is 444 cm³/mol. The van der Waals surface area contributed by atoms with Gasteiger partial charge in [0.15, 0.2) is 68.1 Å². The first-order valence-corrected chi connectivity index (χ1v) is 44.6. The van der Waals surface area contributed by atoms with Crippen LogP contribution in [0, 0.1) is 0 Å². The van der Waals surface area contributed by atoms with Crippen LogP contribution in [0.5, 0.6) is 5.75 Å². The first-order valence-electron chi connectivity index (χ1n) is 40.9. The van der Waals surface area contributed by atoms with Crippen LogP contribution in [0.15, 0.2) is 267 Å². The Labute approximate surface area is 717 Å². The van der Waals surface area contributed by atoms with Crippen LogP contribution in [0.4, 0.5) is 0 Å². The van der Waals surface area contributed by atoms with Gasteiger partial charge in [0.05, 0.1) is 71.5 Å². The van der Waals surface area contributed by atoms with E-state index in [1.807, 2.05) is 0 Å². The topological polar surface area (TPSA) is 324 Å². The number of carbonyl (C=O) groups is 8. The van der Waals surface area contributed by atoms with Gasteiger partial charge in [0.2, 0.25) is 5.91 Å². The number of rotatable bonds is 31. The molecular formula is C95H97NO27Si. The standard InChI is InChI=1S/C95H97NO27Si/c1-57-73(114-85(99)62-34-18-9-19-35-62)78(82(93(110-57)106-52-53-124(5,6)7)118-89(103)66-42-26-13-27-43-66)123-95-83(119-90(104)67-44-28-14-29-45-67)79(74(58(2)111-95)115-86(100)63-36-20-10-21-37-63)122-92-72(96-59(3)97)77(75-71(112-92)56-109-91(120-75)68-46-30-15-31-47-68)121-94-81(107-54-60-48-50-69(105-4)51-49-60)80(117-88(102)65-40-24-12-25-41-65)76(116-87(101)64-38-22-11-23-39-64)70(113-94)55-108-84(98)61-32-16-8-17-33-61/h8-51,57-58,70-83,91-95H,52-56H2,1-7H3,(H,96,97)/t57-,58-,70+,71+,72+,73-,74-,75+,76-,77+,78+,79+,80-,81+,82+,83+,91+,92+,93+,94+,95-/m0/s1. The molecule has 0 unspecified atom stereocenters. The third-order valence-corrected chi connectivity index (χ3v) is 23.0. The number of methoxy groups -OCH3 is 1. The average Bonchev–Trinajstić information content (AvgIpc) is 0.745. The molecule has 21 atom stereocenters. The zero-order chi connectivity index (χ0) is 86.8. The van der Waals surface area contributed by atoms with Crippen molar-refractivity contribution in [1.29, 1.82) is 0 Å². The van der Waals surface area contributed by atoms with Crippen molar-refractivity contribution in [1.82, 2.24) is 5.32 Å². The van der Waals surface area contributed by atoms with E-state index in [0.717, 1.165) is 0 Å². The summed E-state index contributed by atoms with van der Waals surface area (Å²) in [4.78, 5) is 119. The lowest BCUT2D eigenvalue weighted by atomic mass is 9.93. The number of carbonyl (C=O) groups excluding carboxylic acids is 8. The zero-order valence-electron chi connectivity index (χ0n) is 69.1. The number of hydrogen-bond donors (Lipinski definition) is 1. The monoisotopic (exact) mass is 1710 g/mol. The lowest BCUT2D eigenvalue weighted by Crippen LogP contribution is -2.71. The molecule has 5 fully saturated rings. The van der Waals surface area contributed by atoms with E-state index >= 15 is 14.4 Å². The Morgan fingerprint density at radius 3 is 1.19 bits per heavy atom. The summed E-state index contributed by atoms with van der Waals surface area (Å²) >= 11 is 0. The molecule has 14 rings (SSSR count). The van der Waals surface area contributed by atoms with E-state index in [-0.39, 0.29) is 58.8 Å². The molecule has 9 aromatic rings. The highest BCUT2D eigenvalue weighted by Gasteiger charge is 2.62. The van der Waals surface area contributed by atoms with Gasteiger partial charge < -0.3 is 95.3 Å². The van der Waals surface area contributed by atoms with E-state index in [0.29, 0.717) is 22.9 Å². The van der Waals surface area contributed by atoms with Gasteiger partial charge in [0.25, 0.3) is 0 Å². The van der Waals surface area contributed by atoms with Crippen LogP contribution in [0.25, 0.3) is 0 Å². The van der Waals surface area contributed by atoms with Crippen LogP contribution in [0.1, 0.15) is 111 Å². The molecule has 9 aromatic carbocycles. The Balaban J connectivity index is 0.924. The number of hydrogen-bond acceptors (Lipinski definition) is 27. The highest BCUT2D eigenvalue weighted by Crippen LogP contribution is 2.43. The summed E-state index contributed by atoms with van der Waals surface area (Å²) in [6.45, 7) is 9.60. The number of benzene rings is 9. The molecule has 0 spiro atoms. The fourth-order valence-corrected chi connectivity index (χ4v) is 15.7. The lowest BCUT2D eigenvalue weighted by Gasteiger charge is -2.53. The van der Waals surface area contributed by atoms with Gasteiger partial charge in [-0.05, 0) is 123 Å². The third kappa shape index (κ3) is 22.5. The van der Waals surface area contributed by atoms with Crippen molar-refractivity contribution in [2.75, 3.05) is 26.9 Å². The summed E-state index contributed by atoms with van der Waals surface area (Å²) in [7, 11) is -0.367. The Morgan fingerprint density at radius 2 is 0.758 bits per heavy atom. The second-order valence-electron chi connectivity index (χ2n) is 31.4. The molecule has 0 aromatic heterocycles. The molecule has 5 aliphatic heterocycles. The van der Waals surface area contributed by atoms with E-state index < -0.39 is 191 Å². The van der Waals surface area contributed by atoms with E-state index in [4.69, 9.17) is 90.0 Å². The zero-order valence-corrected chi connectivity index (χ0v) is 70.1. The maximum absolute atomic E-state index is 15.5. The van der Waals surface area contributed by atoms with Crippen molar-refractivity contribution in [3.8, 4) is 5.75 Å². The summed E-state index contributed by atoms with van der Waals surface area (Å²) < 4.78 is 129. The molecule has 124 heavy (non-hydrogen) atoms. The quantitative estimate of drug-likeness (QED) is 0.0240. The molecule has 0 aliphatic carbocycles. The molecule has 5 aliphatic rings. The van der Waals surface area contributed by atoms with Crippen LogP contribution >= 0.6 is 0 Å². The van der Waals surface area contributed by atoms with E-state index in [9.17, 15) is 24.0 Å². The van der Waals surface area contributed by atoms with Gasteiger partial charge in [-0.1, -0.05) is 189 Å². The first kappa shape index (κ1) is 88.6. The SMILES string of the molecule is COc1ccc(CO[C@H]2[C@@H](O[C@@H]3[C@@H](NC(C)=O)[C@@H](O[C@@H]4[C@@H](OC(=O)c5ccccc5)[C@H](C)O[C@@H](O[C@@H]5[C@@H](OC(=O)c6ccccc6)[C@H](C)O[C@@H](OCC[Si](C)(C)C)[C@@H]5OC(=O)c5ccccc5)[C@@H]4OC(=O)c4ccccc4)O[C@@H]4CO[C@@H](c5ccccc5)O[C@@H]34)O[C@H](COC(=O)c3ccccc3)[C@H](OC(=O)c3ccccc3)[C@@H]2OC(=O)c2ccccc2)cc1. The Kier molecular flexibility index (Phi) is 29.8. The van der Waals surface area contributed by atoms with Gasteiger partial charge in [-0.3, -0.25) is 4.79 Å². The fourth-order valence-electron chi connectivity index (χ4n) is 14.9. The van der Waals surface area contributed by atoms with Crippen LogP contribution < -0.4 is 10.1 Å². The van der Waals surface area contributed by atoms with E-state index in [1.54, 1.807) is 213 Å². The molecule has 0 saturated carbocycles. The number of esters is 7. The maximum atomic E-state index is 15.5. The summed E-state index contributed by atoms with van der Waals surface area (Å²) in [6.07, 6.45) is -32.7. The van der Waals surface area contributed by atoms with Crippen molar-refractivity contribution in [2.45, 2.75) is 182 Å². The van der Waals surface area contributed by atoms with Crippen molar-refractivity contribution in [3.05, 3.63) is 317 Å². The molecule has 1 N–H and O–H groups in total. The fraction of sp³-hybridized carbons (Fsp3) is 0.347. The molecule has 0 bridgehead atoms. The normalized spacial score (nSPS) is 27.2. The Bertz CT molecular complexity index is 5010. The van der Waals surface area contributed by atoms with Crippen molar-refractivity contribution < 1.29 is 128 Å². The molecule has 28 nitrogen and oxygen atoms in total. The van der Waals surface area contributed by atoms with E-state index in [1.165, 1.54) is 81.6 Å². The second kappa shape index (κ2) is 41.7. The molecule has 648 valence electrons.